The second kappa shape index (κ2) is 7.58. The first-order chi connectivity index (χ1) is 11.7. The van der Waals surface area contributed by atoms with E-state index in [1.165, 1.54) is 0 Å². The number of nitrogens with zero attached hydrogens (tertiary/aromatic N) is 1. The molecule has 24 heavy (non-hydrogen) atoms. The number of benzene rings is 2. The van der Waals surface area contributed by atoms with Crippen LogP contribution in [0.1, 0.15) is 23.2 Å². The maximum atomic E-state index is 12.6. The average Bonchev–Trinajstić information content (AvgIpc) is 2.62. The van der Waals surface area contributed by atoms with Crippen molar-refractivity contribution in [1.82, 2.24) is 4.90 Å². The van der Waals surface area contributed by atoms with Crippen molar-refractivity contribution in [2.24, 2.45) is 0 Å². The summed E-state index contributed by atoms with van der Waals surface area (Å²) >= 11 is 6.01. The molecular formula is C19H21ClN2O2. The number of nitrogens with one attached hydrogen (secondary N) is 1. The van der Waals surface area contributed by atoms with Crippen molar-refractivity contribution in [2.75, 3.05) is 25.5 Å². The van der Waals surface area contributed by atoms with E-state index in [2.05, 4.69) is 5.32 Å². The van der Waals surface area contributed by atoms with Gasteiger partial charge in [0.15, 0.2) is 0 Å². The third-order valence-corrected chi connectivity index (χ3v) is 4.55. The largest absolute Gasteiger partial charge is 0.497 e. The SMILES string of the molecule is COc1ccc(C(=O)N2CCC(Nc3cccc(Cl)c3)CC2)cc1. The number of amides is 1. The third-order valence-electron chi connectivity index (χ3n) is 4.31. The maximum Gasteiger partial charge on any atom is 0.253 e. The summed E-state index contributed by atoms with van der Waals surface area (Å²) in [5.74, 6) is 0.842. The molecule has 3 rings (SSSR count). The van der Waals surface area contributed by atoms with Crippen LogP contribution < -0.4 is 10.1 Å². The molecule has 0 radical (unpaired) electrons. The predicted octanol–water partition coefficient (Wildman–Crippen LogP) is 4.07. The number of hydrogen-bond donors (Lipinski definition) is 1. The molecule has 0 saturated carbocycles. The number of methoxy groups -OCH3 is 1. The van der Waals surface area contributed by atoms with E-state index < -0.39 is 0 Å². The molecule has 2 aromatic rings. The number of ether oxygens (including phenoxy) is 1. The molecule has 0 spiro atoms. The standard InChI is InChI=1S/C19H21ClN2O2/c1-24-18-7-5-14(6-8-18)19(23)22-11-9-16(10-12-22)21-17-4-2-3-15(20)13-17/h2-8,13,16,21H,9-12H2,1H3. The lowest BCUT2D eigenvalue weighted by Crippen LogP contribution is -2.42. The van der Waals surface area contributed by atoms with Crippen LogP contribution >= 0.6 is 11.6 Å². The molecule has 0 unspecified atom stereocenters. The second-order valence-corrected chi connectivity index (χ2v) is 6.39. The van der Waals surface area contributed by atoms with E-state index in [4.69, 9.17) is 16.3 Å². The van der Waals surface area contributed by atoms with Gasteiger partial charge in [0.05, 0.1) is 7.11 Å². The summed E-state index contributed by atoms with van der Waals surface area (Å²) in [5.41, 5.74) is 1.74. The molecule has 2 aromatic carbocycles. The first-order valence-electron chi connectivity index (χ1n) is 8.11. The highest BCUT2D eigenvalue weighted by Gasteiger charge is 2.23. The van der Waals surface area contributed by atoms with E-state index in [9.17, 15) is 4.79 Å². The van der Waals surface area contributed by atoms with Gasteiger partial charge in [0.1, 0.15) is 5.75 Å². The fourth-order valence-electron chi connectivity index (χ4n) is 2.96. The van der Waals surface area contributed by atoms with Gasteiger partial charge in [-0.25, -0.2) is 0 Å². The Morgan fingerprint density at radius 3 is 2.50 bits per heavy atom. The summed E-state index contributed by atoms with van der Waals surface area (Å²) in [4.78, 5) is 14.5. The van der Waals surface area contributed by atoms with Gasteiger partial charge in [-0.3, -0.25) is 4.79 Å². The Morgan fingerprint density at radius 2 is 1.88 bits per heavy atom. The number of halogens is 1. The van der Waals surface area contributed by atoms with Crippen LogP contribution in [0.15, 0.2) is 48.5 Å². The number of carbonyl (C=O) groups is 1. The maximum absolute atomic E-state index is 12.6. The Balaban J connectivity index is 1.55. The van der Waals surface area contributed by atoms with Gasteiger partial charge in [-0.2, -0.15) is 0 Å². The van der Waals surface area contributed by atoms with E-state index in [1.807, 2.05) is 53.4 Å². The van der Waals surface area contributed by atoms with Crippen molar-refractivity contribution in [1.29, 1.82) is 0 Å². The van der Waals surface area contributed by atoms with Crippen LogP contribution in [0.3, 0.4) is 0 Å². The quantitative estimate of drug-likeness (QED) is 0.909. The molecule has 1 amide bonds. The molecule has 126 valence electrons. The zero-order valence-corrected chi connectivity index (χ0v) is 14.4. The van der Waals surface area contributed by atoms with E-state index >= 15 is 0 Å². The molecule has 1 aliphatic rings. The molecular weight excluding hydrogens is 324 g/mol. The number of hydrogen-bond acceptors (Lipinski definition) is 3. The van der Waals surface area contributed by atoms with Crippen molar-refractivity contribution in [3.05, 3.63) is 59.1 Å². The smallest absolute Gasteiger partial charge is 0.253 e. The number of piperidine rings is 1. The van der Waals surface area contributed by atoms with Crippen LogP contribution in [0, 0.1) is 0 Å². The van der Waals surface area contributed by atoms with Gasteiger partial charge in [-0.1, -0.05) is 17.7 Å². The molecule has 1 fully saturated rings. The molecule has 1 N–H and O–H groups in total. The van der Waals surface area contributed by atoms with Gasteiger partial charge < -0.3 is 15.0 Å². The zero-order chi connectivity index (χ0) is 16.9. The molecule has 4 nitrogen and oxygen atoms in total. The number of likely N-dealkylation sites (tertiary alicyclic amines) is 1. The van der Waals surface area contributed by atoms with Gasteiger partial charge in [-0.15, -0.1) is 0 Å². The lowest BCUT2D eigenvalue weighted by atomic mass is 10.0. The molecule has 1 heterocycles. The number of rotatable bonds is 4. The highest BCUT2D eigenvalue weighted by Crippen LogP contribution is 2.21. The highest BCUT2D eigenvalue weighted by molar-refractivity contribution is 6.30. The van der Waals surface area contributed by atoms with Gasteiger partial charge in [0.25, 0.3) is 5.91 Å². The molecule has 1 aliphatic heterocycles. The van der Waals surface area contributed by atoms with Crippen LogP contribution in [0.2, 0.25) is 5.02 Å². The average molecular weight is 345 g/mol. The third kappa shape index (κ3) is 4.01. The summed E-state index contributed by atoms with van der Waals surface area (Å²) in [6.07, 6.45) is 1.85. The topological polar surface area (TPSA) is 41.6 Å². The molecule has 1 saturated heterocycles. The molecule has 5 heteroatoms. The zero-order valence-electron chi connectivity index (χ0n) is 13.7. The van der Waals surface area contributed by atoms with Crippen LogP contribution in [0.5, 0.6) is 5.75 Å². The Morgan fingerprint density at radius 1 is 1.17 bits per heavy atom. The lowest BCUT2D eigenvalue weighted by molar-refractivity contribution is 0.0718. The van der Waals surface area contributed by atoms with Gasteiger partial charge >= 0.3 is 0 Å². The summed E-state index contributed by atoms with van der Waals surface area (Å²) in [6.45, 7) is 1.51. The fourth-order valence-corrected chi connectivity index (χ4v) is 3.15. The van der Waals surface area contributed by atoms with Crippen LogP contribution in [-0.4, -0.2) is 37.0 Å². The van der Waals surface area contributed by atoms with Crippen molar-refractivity contribution >= 4 is 23.2 Å². The Bertz CT molecular complexity index is 695. The molecule has 0 aromatic heterocycles. The molecule has 0 aliphatic carbocycles. The van der Waals surface area contributed by atoms with Crippen molar-refractivity contribution in [3.8, 4) is 5.75 Å². The summed E-state index contributed by atoms with van der Waals surface area (Å²) in [5, 5.41) is 4.23. The van der Waals surface area contributed by atoms with Crippen LogP contribution in [0.4, 0.5) is 5.69 Å². The van der Waals surface area contributed by atoms with E-state index in [0.29, 0.717) is 11.6 Å². The van der Waals surface area contributed by atoms with Gasteiger partial charge in [0, 0.05) is 35.4 Å². The first-order valence-corrected chi connectivity index (χ1v) is 8.49. The lowest BCUT2D eigenvalue weighted by Gasteiger charge is -2.33. The minimum atomic E-state index is 0.0823. The first kappa shape index (κ1) is 16.7. The fraction of sp³-hybridized carbons (Fsp3) is 0.316. The van der Waals surface area contributed by atoms with Crippen LogP contribution in [0.25, 0.3) is 0 Å². The second-order valence-electron chi connectivity index (χ2n) is 5.95. The number of anilines is 1. The number of carbonyl (C=O) groups excluding carboxylic acids is 1. The summed E-state index contributed by atoms with van der Waals surface area (Å²) < 4.78 is 5.13. The minimum absolute atomic E-state index is 0.0823. The van der Waals surface area contributed by atoms with Crippen molar-refractivity contribution in [3.63, 3.8) is 0 Å². The van der Waals surface area contributed by atoms with Crippen molar-refractivity contribution < 1.29 is 9.53 Å². The highest BCUT2D eigenvalue weighted by atomic mass is 35.5. The predicted molar refractivity (Wildman–Crippen MR) is 97.0 cm³/mol. The summed E-state index contributed by atoms with van der Waals surface area (Å²) in [7, 11) is 1.62. The Hall–Kier alpha value is -2.20. The van der Waals surface area contributed by atoms with Gasteiger partial charge in [0.2, 0.25) is 0 Å². The summed E-state index contributed by atoms with van der Waals surface area (Å²) in [6, 6.07) is 15.4. The van der Waals surface area contributed by atoms with E-state index in [-0.39, 0.29) is 5.91 Å². The Labute approximate surface area is 147 Å². The van der Waals surface area contributed by atoms with Gasteiger partial charge in [-0.05, 0) is 55.3 Å². The monoisotopic (exact) mass is 344 g/mol. The van der Waals surface area contributed by atoms with Crippen LogP contribution in [-0.2, 0) is 0 Å². The van der Waals surface area contributed by atoms with E-state index in [1.54, 1.807) is 7.11 Å². The van der Waals surface area contributed by atoms with E-state index in [0.717, 1.165) is 42.4 Å². The minimum Gasteiger partial charge on any atom is -0.497 e. The molecule has 0 atom stereocenters. The Kier molecular flexibility index (Phi) is 5.26. The normalized spacial score (nSPS) is 15.2. The van der Waals surface area contributed by atoms with Crippen molar-refractivity contribution in [2.45, 2.75) is 18.9 Å². The molecule has 0 bridgehead atoms.